The molecular weight excluding hydrogens is 160 g/mol. The van der Waals surface area contributed by atoms with Crippen molar-refractivity contribution >= 4 is 6.03 Å². The van der Waals surface area contributed by atoms with E-state index in [9.17, 15) is 4.79 Å². The average molecular weight is 170 g/mol. The lowest BCUT2D eigenvalue weighted by atomic mass is 10.6. The summed E-state index contributed by atoms with van der Waals surface area (Å²) in [5.41, 5.74) is 4.85. The van der Waals surface area contributed by atoms with E-state index in [4.69, 9.17) is 5.73 Å². The molecule has 0 fully saturated rings. The van der Waals surface area contributed by atoms with Gasteiger partial charge in [-0.3, -0.25) is 0 Å². The highest BCUT2D eigenvalue weighted by Crippen LogP contribution is 1.80. The van der Waals surface area contributed by atoms with E-state index in [1.807, 2.05) is 0 Å². The second kappa shape index (κ2) is 3.65. The Morgan fingerprint density at radius 2 is 2.50 bits per heavy atom. The maximum Gasteiger partial charge on any atom is 0.312 e. The number of hydrogen-bond acceptors (Lipinski definition) is 4. The molecule has 0 radical (unpaired) electrons. The highest BCUT2D eigenvalue weighted by atomic mass is 16.2. The number of amides is 2. The van der Waals surface area contributed by atoms with Gasteiger partial charge in [-0.05, 0) is 12.1 Å². The van der Waals surface area contributed by atoms with E-state index in [1.165, 1.54) is 4.80 Å². The number of carbonyl (C=O) groups excluding carboxylic acids is 1. The summed E-state index contributed by atoms with van der Waals surface area (Å²) in [6.45, 7) is 2.62. The fraction of sp³-hybridized carbons (Fsp3) is 0.600. The van der Waals surface area contributed by atoms with Crippen molar-refractivity contribution in [3.05, 3.63) is 5.82 Å². The van der Waals surface area contributed by atoms with E-state index in [-0.39, 0.29) is 0 Å². The number of urea groups is 1. The molecule has 0 unspecified atom stereocenters. The Balaban J connectivity index is 2.29. The number of nitrogens with two attached hydrogens (primary N) is 1. The SMILES string of the molecule is Cc1nnn(CCNC(N)=O)n1. The van der Waals surface area contributed by atoms with Gasteiger partial charge in [0.2, 0.25) is 0 Å². The largest absolute Gasteiger partial charge is 0.352 e. The molecule has 7 heteroatoms. The van der Waals surface area contributed by atoms with Crippen LogP contribution in [0, 0.1) is 6.92 Å². The van der Waals surface area contributed by atoms with Crippen LogP contribution in [0.1, 0.15) is 5.82 Å². The molecule has 2 amide bonds. The van der Waals surface area contributed by atoms with Crippen molar-refractivity contribution < 1.29 is 4.79 Å². The van der Waals surface area contributed by atoms with E-state index < -0.39 is 6.03 Å². The van der Waals surface area contributed by atoms with Crippen LogP contribution in [0.4, 0.5) is 4.79 Å². The van der Waals surface area contributed by atoms with Crippen LogP contribution < -0.4 is 11.1 Å². The van der Waals surface area contributed by atoms with Gasteiger partial charge in [-0.2, -0.15) is 4.80 Å². The highest BCUT2D eigenvalue weighted by molar-refractivity contribution is 5.71. The molecule has 0 bridgehead atoms. The second-order valence-corrected chi connectivity index (χ2v) is 2.22. The molecule has 0 aliphatic carbocycles. The second-order valence-electron chi connectivity index (χ2n) is 2.22. The van der Waals surface area contributed by atoms with Gasteiger partial charge in [0.05, 0.1) is 6.54 Å². The van der Waals surface area contributed by atoms with Crippen molar-refractivity contribution in [2.45, 2.75) is 13.5 Å². The number of carbonyl (C=O) groups is 1. The Labute approximate surface area is 68.9 Å². The molecule has 66 valence electrons. The average Bonchev–Trinajstić information content (AvgIpc) is 2.35. The van der Waals surface area contributed by atoms with E-state index >= 15 is 0 Å². The van der Waals surface area contributed by atoms with Crippen molar-refractivity contribution in [1.82, 2.24) is 25.5 Å². The zero-order valence-electron chi connectivity index (χ0n) is 6.69. The van der Waals surface area contributed by atoms with Gasteiger partial charge >= 0.3 is 6.03 Å². The quantitative estimate of drug-likeness (QED) is 0.585. The lowest BCUT2D eigenvalue weighted by molar-refractivity contribution is 0.248. The first-order valence-electron chi connectivity index (χ1n) is 3.46. The van der Waals surface area contributed by atoms with Crippen molar-refractivity contribution in [3.8, 4) is 0 Å². The molecule has 1 aromatic heterocycles. The molecule has 7 nitrogen and oxygen atoms in total. The van der Waals surface area contributed by atoms with Crippen LogP contribution in [0.15, 0.2) is 0 Å². The molecule has 0 aliphatic heterocycles. The minimum Gasteiger partial charge on any atom is -0.352 e. The maximum atomic E-state index is 10.2. The van der Waals surface area contributed by atoms with Crippen LogP contribution in [0.3, 0.4) is 0 Å². The van der Waals surface area contributed by atoms with E-state index in [0.717, 1.165) is 0 Å². The van der Waals surface area contributed by atoms with Crippen LogP contribution in [-0.4, -0.2) is 32.8 Å². The van der Waals surface area contributed by atoms with Gasteiger partial charge < -0.3 is 11.1 Å². The fourth-order valence-corrected chi connectivity index (χ4v) is 0.697. The third-order valence-electron chi connectivity index (χ3n) is 1.16. The lowest BCUT2D eigenvalue weighted by Crippen LogP contribution is -2.32. The summed E-state index contributed by atoms with van der Waals surface area (Å²) in [5.74, 6) is 0.606. The first-order chi connectivity index (χ1) is 5.68. The topological polar surface area (TPSA) is 98.7 Å². The molecule has 1 heterocycles. The third kappa shape index (κ3) is 2.52. The molecule has 3 N–H and O–H groups in total. The number of primary amides is 1. The number of aromatic nitrogens is 4. The molecule has 0 spiro atoms. The van der Waals surface area contributed by atoms with Gasteiger partial charge in [0.15, 0.2) is 5.82 Å². The lowest BCUT2D eigenvalue weighted by Gasteiger charge is -1.98. The molecule has 0 atom stereocenters. The Morgan fingerprint density at radius 3 is 3.00 bits per heavy atom. The van der Waals surface area contributed by atoms with Crippen LogP contribution in [0.2, 0.25) is 0 Å². The van der Waals surface area contributed by atoms with Gasteiger partial charge in [0.1, 0.15) is 0 Å². The number of rotatable bonds is 3. The normalized spacial score (nSPS) is 9.75. The Hall–Kier alpha value is -1.66. The Kier molecular flexibility index (Phi) is 2.57. The zero-order valence-corrected chi connectivity index (χ0v) is 6.69. The summed E-state index contributed by atoms with van der Waals surface area (Å²) in [7, 11) is 0. The maximum absolute atomic E-state index is 10.2. The molecule has 0 aliphatic rings. The fourth-order valence-electron chi connectivity index (χ4n) is 0.697. The summed E-state index contributed by atoms with van der Waals surface area (Å²) in [6.07, 6.45) is 0. The van der Waals surface area contributed by atoms with Gasteiger partial charge in [-0.1, -0.05) is 0 Å². The van der Waals surface area contributed by atoms with Crippen molar-refractivity contribution in [3.63, 3.8) is 0 Å². The summed E-state index contributed by atoms with van der Waals surface area (Å²) >= 11 is 0. The van der Waals surface area contributed by atoms with Crippen LogP contribution in [0.25, 0.3) is 0 Å². The summed E-state index contributed by atoms with van der Waals surface area (Å²) in [6, 6.07) is -0.549. The van der Waals surface area contributed by atoms with Crippen LogP contribution >= 0.6 is 0 Å². The van der Waals surface area contributed by atoms with Crippen molar-refractivity contribution in [1.29, 1.82) is 0 Å². The van der Waals surface area contributed by atoms with Crippen LogP contribution in [-0.2, 0) is 6.54 Å². The monoisotopic (exact) mass is 170 g/mol. The van der Waals surface area contributed by atoms with Gasteiger partial charge in [0, 0.05) is 6.54 Å². The smallest absolute Gasteiger partial charge is 0.312 e. The molecule has 1 aromatic rings. The molecule has 1 rings (SSSR count). The molecular formula is C5H10N6O. The first kappa shape index (κ1) is 8.44. The third-order valence-corrected chi connectivity index (χ3v) is 1.16. The van der Waals surface area contributed by atoms with E-state index in [1.54, 1.807) is 6.92 Å². The van der Waals surface area contributed by atoms with Crippen molar-refractivity contribution in [2.24, 2.45) is 5.73 Å². The summed E-state index contributed by atoms with van der Waals surface area (Å²) < 4.78 is 0. The predicted octanol–water partition coefficient (Wildman–Crippen LogP) is -1.35. The number of tetrazole rings is 1. The van der Waals surface area contributed by atoms with Gasteiger partial charge in [0.25, 0.3) is 0 Å². The van der Waals surface area contributed by atoms with E-state index in [0.29, 0.717) is 18.9 Å². The number of hydrogen-bond donors (Lipinski definition) is 2. The molecule has 0 saturated heterocycles. The van der Waals surface area contributed by atoms with Gasteiger partial charge in [-0.15, -0.1) is 10.2 Å². The number of nitrogens with one attached hydrogen (secondary N) is 1. The molecule has 12 heavy (non-hydrogen) atoms. The zero-order chi connectivity index (χ0) is 8.97. The minimum absolute atomic E-state index is 0.408. The Bertz CT molecular complexity index is 269. The summed E-state index contributed by atoms with van der Waals surface area (Å²) in [5, 5.41) is 13.7. The minimum atomic E-state index is -0.549. The Morgan fingerprint density at radius 1 is 1.75 bits per heavy atom. The highest BCUT2D eigenvalue weighted by Gasteiger charge is 1.96. The first-order valence-corrected chi connectivity index (χ1v) is 3.46. The van der Waals surface area contributed by atoms with Crippen molar-refractivity contribution in [2.75, 3.05) is 6.54 Å². The van der Waals surface area contributed by atoms with Gasteiger partial charge in [-0.25, -0.2) is 4.79 Å². The molecule has 0 saturated carbocycles. The van der Waals surface area contributed by atoms with E-state index in [2.05, 4.69) is 20.7 Å². The number of aryl methyl sites for hydroxylation is 1. The van der Waals surface area contributed by atoms with Crippen LogP contribution in [0.5, 0.6) is 0 Å². The molecule has 0 aromatic carbocycles. The standard InChI is InChI=1S/C5H10N6O/c1-4-8-10-11(9-4)3-2-7-5(6)12/h2-3H2,1H3,(H3,6,7,12). The summed E-state index contributed by atoms with van der Waals surface area (Å²) in [4.78, 5) is 11.6. The number of nitrogens with zero attached hydrogens (tertiary/aromatic N) is 4. The predicted molar refractivity (Wildman–Crippen MR) is 40.1 cm³/mol.